The summed E-state index contributed by atoms with van der Waals surface area (Å²) >= 11 is 1.36. The zero-order chi connectivity index (χ0) is 20.6. The lowest BCUT2D eigenvalue weighted by molar-refractivity contribution is -0.132. The van der Waals surface area contributed by atoms with E-state index in [9.17, 15) is 9.59 Å². The molecule has 1 saturated heterocycles. The van der Waals surface area contributed by atoms with Crippen LogP contribution in [0.15, 0.2) is 24.3 Å². The Morgan fingerprint density at radius 1 is 1.26 bits per heavy atom. The highest BCUT2D eigenvalue weighted by Crippen LogP contribution is 2.63. The van der Waals surface area contributed by atoms with Crippen LogP contribution in [0.1, 0.15) is 44.2 Å². The molecule has 2 heterocycles. The van der Waals surface area contributed by atoms with Crippen LogP contribution in [-0.2, 0) is 21.4 Å². The third kappa shape index (κ3) is 3.17. The van der Waals surface area contributed by atoms with Crippen LogP contribution < -0.4 is 9.47 Å². The third-order valence-corrected chi connectivity index (χ3v) is 8.71. The van der Waals surface area contributed by atoms with E-state index in [4.69, 9.17) is 9.47 Å². The molecule has 5 atom stereocenters. The maximum absolute atomic E-state index is 12.0. The molecular formula is C24H28ClNO4S. The van der Waals surface area contributed by atoms with Crippen molar-refractivity contribution in [3.05, 3.63) is 35.4 Å². The first-order valence-corrected chi connectivity index (χ1v) is 12.0. The van der Waals surface area contributed by atoms with Crippen molar-refractivity contribution >= 4 is 35.3 Å². The summed E-state index contributed by atoms with van der Waals surface area (Å²) in [5.41, 5.74) is 2.44. The predicted octanol–water partition coefficient (Wildman–Crippen LogP) is 3.91. The van der Waals surface area contributed by atoms with E-state index in [1.165, 1.54) is 49.2 Å². The van der Waals surface area contributed by atoms with E-state index in [1.807, 2.05) is 6.07 Å². The largest absolute Gasteiger partial charge is 0.484 e. The lowest BCUT2D eigenvalue weighted by Crippen LogP contribution is -2.65. The molecule has 5 aliphatic rings. The summed E-state index contributed by atoms with van der Waals surface area (Å²) in [5.74, 6) is 2.17. The van der Waals surface area contributed by atoms with Crippen molar-refractivity contribution in [2.24, 2.45) is 11.8 Å². The molecule has 2 bridgehead atoms. The van der Waals surface area contributed by atoms with Gasteiger partial charge < -0.3 is 9.47 Å². The molecule has 0 N–H and O–H groups in total. The third-order valence-electron chi connectivity index (χ3n) is 7.70. The van der Waals surface area contributed by atoms with Crippen LogP contribution in [0.5, 0.6) is 11.5 Å². The molecule has 0 amide bonds. The predicted molar refractivity (Wildman–Crippen MR) is 122 cm³/mol. The maximum atomic E-state index is 12.0. The van der Waals surface area contributed by atoms with E-state index in [0.29, 0.717) is 17.7 Å². The molecular weight excluding hydrogens is 434 g/mol. The zero-order valence-electron chi connectivity index (χ0n) is 17.8. The van der Waals surface area contributed by atoms with E-state index in [1.54, 1.807) is 6.92 Å². The monoisotopic (exact) mass is 461 g/mol. The van der Waals surface area contributed by atoms with Gasteiger partial charge in [0.15, 0.2) is 16.6 Å². The molecule has 5 nitrogen and oxygen atoms in total. The van der Waals surface area contributed by atoms with Crippen LogP contribution in [-0.4, -0.2) is 46.5 Å². The number of nitrogens with zero attached hydrogens (tertiary/aromatic N) is 1. The number of benzene rings is 1. The summed E-state index contributed by atoms with van der Waals surface area (Å²) in [5, 5.41) is 0.0935. The van der Waals surface area contributed by atoms with E-state index < -0.39 is 0 Å². The average Bonchev–Trinajstić information content (AvgIpc) is 3.43. The molecule has 0 unspecified atom stereocenters. The second kappa shape index (κ2) is 7.53. The smallest absolute Gasteiger partial charge is 0.308 e. The highest BCUT2D eigenvalue weighted by atomic mass is 35.5. The molecule has 1 saturated carbocycles. The Morgan fingerprint density at radius 3 is 2.77 bits per heavy atom. The highest BCUT2D eigenvalue weighted by molar-refractivity contribution is 8.14. The number of likely N-dealkylation sites (tertiary alicyclic amines) is 1. The van der Waals surface area contributed by atoms with Crippen molar-refractivity contribution in [1.82, 2.24) is 4.90 Å². The minimum Gasteiger partial charge on any atom is -0.484 e. The molecule has 166 valence electrons. The topological polar surface area (TPSA) is 55.8 Å². The molecule has 3 aliphatic carbocycles. The Labute approximate surface area is 193 Å². The van der Waals surface area contributed by atoms with Gasteiger partial charge in [-0.25, -0.2) is 0 Å². The minimum absolute atomic E-state index is 0. The molecule has 2 aliphatic heterocycles. The van der Waals surface area contributed by atoms with Gasteiger partial charge in [0.05, 0.1) is 5.25 Å². The lowest BCUT2D eigenvalue weighted by atomic mass is 9.53. The van der Waals surface area contributed by atoms with Gasteiger partial charge in [0.1, 0.15) is 6.10 Å². The number of thioether (sulfide) groups is 1. The number of halogens is 1. The van der Waals surface area contributed by atoms with Gasteiger partial charge >= 0.3 is 5.97 Å². The first kappa shape index (κ1) is 21.4. The molecule has 0 radical (unpaired) electrons. The Morgan fingerprint density at radius 2 is 2.06 bits per heavy atom. The molecule has 0 aromatic heterocycles. The normalized spacial score (nSPS) is 34.4. The Balaban J connectivity index is 0.00000204. The van der Waals surface area contributed by atoms with Gasteiger partial charge in [-0.1, -0.05) is 30.0 Å². The summed E-state index contributed by atoms with van der Waals surface area (Å²) < 4.78 is 12.2. The number of piperidine rings is 1. The van der Waals surface area contributed by atoms with Gasteiger partial charge in [-0.3, -0.25) is 14.5 Å². The number of hydrogen-bond acceptors (Lipinski definition) is 6. The standard InChI is InChI=1S/C24H27NO4S.ClH/c1-13(26)28-19-7-5-16-11-18-17-6-8-20(30-14(2)27)23-24(17,21(16)22(19)29-23)9-10-25(18)12-15-3-4-15;/h5-8,15,17-18,20,23H,3-4,9-12H2,1-2H3;1H/t17-,18+,20+,23-,24-;/m0./s1. The molecule has 1 aromatic carbocycles. The Kier molecular flexibility index (Phi) is 5.19. The first-order valence-electron chi connectivity index (χ1n) is 11.1. The number of hydrogen-bond donors (Lipinski definition) is 0. The minimum atomic E-state index is -0.334. The second-order valence-corrected chi connectivity index (χ2v) is 10.9. The number of ether oxygens (including phenoxy) is 2. The van der Waals surface area contributed by atoms with Crippen molar-refractivity contribution in [3.8, 4) is 11.5 Å². The molecule has 2 fully saturated rings. The van der Waals surface area contributed by atoms with Crippen LogP contribution in [0.25, 0.3) is 0 Å². The van der Waals surface area contributed by atoms with E-state index in [-0.39, 0.29) is 40.3 Å². The summed E-state index contributed by atoms with van der Waals surface area (Å²) in [6, 6.07) is 4.51. The lowest BCUT2D eigenvalue weighted by Gasteiger charge is -2.57. The van der Waals surface area contributed by atoms with Gasteiger partial charge in [0.25, 0.3) is 0 Å². The maximum Gasteiger partial charge on any atom is 0.308 e. The molecule has 6 rings (SSSR count). The Bertz CT molecular complexity index is 977. The molecule has 1 spiro atoms. The number of carbonyl (C=O) groups is 2. The van der Waals surface area contributed by atoms with Crippen molar-refractivity contribution < 1.29 is 19.1 Å². The van der Waals surface area contributed by atoms with Crippen molar-refractivity contribution in [2.75, 3.05) is 13.1 Å². The molecule has 1 aromatic rings. The van der Waals surface area contributed by atoms with Gasteiger partial charge in [-0.05, 0) is 49.8 Å². The second-order valence-electron chi connectivity index (χ2n) is 9.54. The van der Waals surface area contributed by atoms with Crippen molar-refractivity contribution in [2.45, 2.75) is 62.3 Å². The number of rotatable bonds is 4. The fourth-order valence-electron chi connectivity index (χ4n) is 6.49. The SMILES string of the molecule is CC(=O)Oc1ccc2c3c1O[C@H]1[C@H](SC(C)=O)C=C[C@H]4[C@@H](C2)N(CC2CC2)CC[C@@]341.Cl. The van der Waals surface area contributed by atoms with Crippen molar-refractivity contribution in [1.29, 1.82) is 0 Å². The molecule has 7 heteroatoms. The van der Waals surface area contributed by atoms with E-state index in [0.717, 1.165) is 31.1 Å². The number of esters is 1. The van der Waals surface area contributed by atoms with Crippen LogP contribution in [0, 0.1) is 11.8 Å². The number of carbonyl (C=O) groups excluding carboxylic acids is 2. The fraction of sp³-hybridized carbons (Fsp3) is 0.583. The van der Waals surface area contributed by atoms with Crippen LogP contribution in [0.3, 0.4) is 0 Å². The zero-order valence-corrected chi connectivity index (χ0v) is 19.5. The Hall–Kier alpha value is -1.50. The fourth-order valence-corrected chi connectivity index (χ4v) is 7.46. The summed E-state index contributed by atoms with van der Waals surface area (Å²) in [6.45, 7) is 5.33. The highest BCUT2D eigenvalue weighted by Gasteiger charge is 2.65. The summed E-state index contributed by atoms with van der Waals surface area (Å²) in [4.78, 5) is 26.4. The quantitative estimate of drug-likeness (QED) is 0.385. The summed E-state index contributed by atoms with van der Waals surface area (Å²) in [6.07, 6.45) is 9.24. The van der Waals surface area contributed by atoms with Gasteiger partial charge in [0.2, 0.25) is 0 Å². The molecule has 31 heavy (non-hydrogen) atoms. The van der Waals surface area contributed by atoms with Gasteiger partial charge in [-0.15, -0.1) is 12.4 Å². The average molecular weight is 462 g/mol. The first-order chi connectivity index (χ1) is 14.5. The van der Waals surface area contributed by atoms with Crippen LogP contribution in [0.2, 0.25) is 0 Å². The van der Waals surface area contributed by atoms with Crippen LogP contribution >= 0.6 is 24.2 Å². The van der Waals surface area contributed by atoms with E-state index in [2.05, 4.69) is 23.1 Å². The van der Waals surface area contributed by atoms with Crippen molar-refractivity contribution in [3.63, 3.8) is 0 Å². The van der Waals surface area contributed by atoms with E-state index >= 15 is 0 Å². The summed E-state index contributed by atoms with van der Waals surface area (Å²) in [7, 11) is 0. The van der Waals surface area contributed by atoms with Gasteiger partial charge in [-0.2, -0.15) is 0 Å². The van der Waals surface area contributed by atoms with Crippen LogP contribution in [0.4, 0.5) is 0 Å². The van der Waals surface area contributed by atoms with Gasteiger partial charge in [0, 0.05) is 43.3 Å².